The third-order valence-corrected chi connectivity index (χ3v) is 1.83. The van der Waals surface area contributed by atoms with Crippen molar-refractivity contribution in [3.8, 4) is 0 Å². The van der Waals surface area contributed by atoms with E-state index in [-0.39, 0.29) is 5.82 Å². The average molecular weight is 207 g/mol. The fraction of sp³-hybridized carbons (Fsp3) is 0.167. The van der Waals surface area contributed by atoms with Crippen LogP contribution in [0.4, 0.5) is 5.82 Å². The predicted molar refractivity (Wildman–Crippen MR) is 47.7 cm³/mol. The number of aromatic nitrogens is 1. The van der Waals surface area contributed by atoms with Gasteiger partial charge in [0.2, 0.25) is 10.0 Å². The molecule has 0 bridgehead atoms. The summed E-state index contributed by atoms with van der Waals surface area (Å²) in [4.78, 5) is 3.75. The second-order valence-electron chi connectivity index (χ2n) is 2.23. The minimum atomic E-state index is -3.27. The van der Waals surface area contributed by atoms with E-state index < -0.39 is 10.0 Å². The van der Waals surface area contributed by atoms with Crippen molar-refractivity contribution >= 4 is 27.4 Å². The molecule has 4 nitrogen and oxygen atoms in total. The number of anilines is 1. The van der Waals surface area contributed by atoms with Crippen LogP contribution in [-0.2, 0) is 10.0 Å². The molecule has 12 heavy (non-hydrogen) atoms. The Bertz CT molecular complexity index is 377. The number of hydrogen-bond acceptors (Lipinski definition) is 3. The fourth-order valence-electron chi connectivity index (χ4n) is 0.651. The number of pyridine rings is 1. The summed E-state index contributed by atoms with van der Waals surface area (Å²) in [5.41, 5.74) is 0. The average Bonchev–Trinajstić information content (AvgIpc) is 1.82. The van der Waals surface area contributed by atoms with Gasteiger partial charge in [-0.2, -0.15) is 0 Å². The van der Waals surface area contributed by atoms with E-state index in [1.54, 1.807) is 6.07 Å². The Morgan fingerprint density at radius 1 is 1.58 bits per heavy atom. The number of hydrogen-bond donors (Lipinski definition) is 1. The van der Waals surface area contributed by atoms with Crippen LogP contribution in [-0.4, -0.2) is 19.7 Å². The largest absolute Gasteiger partial charge is 0.268 e. The van der Waals surface area contributed by atoms with E-state index in [0.29, 0.717) is 5.02 Å². The van der Waals surface area contributed by atoms with Crippen molar-refractivity contribution in [3.63, 3.8) is 0 Å². The molecule has 0 saturated carbocycles. The van der Waals surface area contributed by atoms with Gasteiger partial charge >= 0.3 is 0 Å². The van der Waals surface area contributed by atoms with Crippen LogP contribution in [0.1, 0.15) is 0 Å². The van der Waals surface area contributed by atoms with E-state index >= 15 is 0 Å². The van der Waals surface area contributed by atoms with Gasteiger partial charge in [-0.1, -0.05) is 11.6 Å². The van der Waals surface area contributed by atoms with Crippen molar-refractivity contribution in [2.45, 2.75) is 0 Å². The van der Waals surface area contributed by atoms with Crippen LogP contribution in [0.3, 0.4) is 0 Å². The summed E-state index contributed by atoms with van der Waals surface area (Å²) in [5.74, 6) is 0.227. The lowest BCUT2D eigenvalue weighted by atomic mass is 10.5. The van der Waals surface area contributed by atoms with Gasteiger partial charge in [0.15, 0.2) is 0 Å². The number of nitrogens with one attached hydrogen (secondary N) is 1. The van der Waals surface area contributed by atoms with E-state index in [2.05, 4.69) is 9.71 Å². The normalized spacial score (nSPS) is 11.2. The van der Waals surface area contributed by atoms with Crippen LogP contribution >= 0.6 is 11.6 Å². The highest BCUT2D eigenvalue weighted by Gasteiger charge is 2.01. The van der Waals surface area contributed by atoms with Gasteiger partial charge in [0, 0.05) is 17.3 Å². The zero-order chi connectivity index (χ0) is 9.19. The molecular weight excluding hydrogens is 200 g/mol. The van der Waals surface area contributed by atoms with Gasteiger partial charge in [0.25, 0.3) is 0 Å². The van der Waals surface area contributed by atoms with Crippen LogP contribution in [0.5, 0.6) is 0 Å². The number of rotatable bonds is 2. The Labute approximate surface area is 75.6 Å². The Balaban J connectivity index is 2.91. The zero-order valence-corrected chi connectivity index (χ0v) is 7.85. The molecule has 0 aliphatic heterocycles. The smallest absolute Gasteiger partial charge is 0.230 e. The van der Waals surface area contributed by atoms with Gasteiger partial charge in [-0.25, -0.2) is 13.4 Å². The van der Waals surface area contributed by atoms with E-state index in [0.717, 1.165) is 6.26 Å². The van der Waals surface area contributed by atoms with E-state index in [1.807, 2.05) is 0 Å². The first-order chi connectivity index (χ1) is 5.47. The van der Waals surface area contributed by atoms with Crippen molar-refractivity contribution in [3.05, 3.63) is 23.4 Å². The maximum atomic E-state index is 10.7. The molecule has 66 valence electrons. The summed E-state index contributed by atoms with van der Waals surface area (Å²) in [5, 5.41) is 0.441. The lowest BCUT2D eigenvalue weighted by Gasteiger charge is -2.01. The molecule has 1 N–H and O–H groups in total. The number of sulfonamides is 1. The standard InChI is InChI=1S/C6H7ClN2O2S/c1-12(10,11)9-6-4-5(7)2-3-8-6/h2-4H,1H3,(H,8,9). The quantitative estimate of drug-likeness (QED) is 0.789. The van der Waals surface area contributed by atoms with Crippen molar-refractivity contribution < 1.29 is 8.42 Å². The molecule has 0 amide bonds. The van der Waals surface area contributed by atoms with Gasteiger partial charge in [-0.15, -0.1) is 0 Å². The van der Waals surface area contributed by atoms with Crippen molar-refractivity contribution in [2.24, 2.45) is 0 Å². The molecule has 0 aliphatic carbocycles. The van der Waals surface area contributed by atoms with Gasteiger partial charge in [0.05, 0.1) is 6.26 Å². The Hall–Kier alpha value is -0.810. The zero-order valence-electron chi connectivity index (χ0n) is 6.28. The van der Waals surface area contributed by atoms with Crippen LogP contribution < -0.4 is 4.72 Å². The summed E-state index contributed by atoms with van der Waals surface area (Å²) in [6, 6.07) is 3.00. The van der Waals surface area contributed by atoms with Crippen molar-refractivity contribution in [1.29, 1.82) is 0 Å². The second kappa shape index (κ2) is 3.28. The van der Waals surface area contributed by atoms with Gasteiger partial charge in [-0.3, -0.25) is 4.72 Å². The predicted octanol–water partition coefficient (Wildman–Crippen LogP) is 1.11. The second-order valence-corrected chi connectivity index (χ2v) is 4.42. The third kappa shape index (κ3) is 3.06. The molecule has 0 aromatic carbocycles. The van der Waals surface area contributed by atoms with Gasteiger partial charge in [-0.05, 0) is 6.07 Å². The first-order valence-corrected chi connectivity index (χ1v) is 5.34. The summed E-state index contributed by atoms with van der Waals surface area (Å²) in [6.07, 6.45) is 2.48. The Morgan fingerprint density at radius 2 is 2.25 bits per heavy atom. The molecule has 0 fully saturated rings. The highest BCUT2D eigenvalue weighted by molar-refractivity contribution is 7.92. The molecule has 1 aromatic rings. The van der Waals surface area contributed by atoms with Crippen molar-refractivity contribution in [2.75, 3.05) is 11.0 Å². The summed E-state index contributed by atoms with van der Waals surface area (Å²) in [7, 11) is -3.27. The van der Waals surface area contributed by atoms with Gasteiger partial charge in [0.1, 0.15) is 5.82 Å². The molecule has 0 aliphatic rings. The molecule has 1 heterocycles. The van der Waals surface area contributed by atoms with Crippen LogP contribution in [0, 0.1) is 0 Å². The molecule has 1 aromatic heterocycles. The molecule has 0 radical (unpaired) electrons. The lowest BCUT2D eigenvalue weighted by molar-refractivity contribution is 0.606. The van der Waals surface area contributed by atoms with Gasteiger partial charge < -0.3 is 0 Å². The molecule has 6 heteroatoms. The Morgan fingerprint density at radius 3 is 2.75 bits per heavy atom. The first kappa shape index (κ1) is 9.28. The van der Waals surface area contributed by atoms with Crippen LogP contribution in [0.2, 0.25) is 5.02 Å². The molecule has 0 unspecified atom stereocenters. The van der Waals surface area contributed by atoms with Crippen molar-refractivity contribution in [1.82, 2.24) is 4.98 Å². The number of nitrogens with zero attached hydrogens (tertiary/aromatic N) is 1. The summed E-state index contributed by atoms with van der Waals surface area (Å²) < 4.78 is 23.6. The minimum absolute atomic E-state index is 0.227. The SMILES string of the molecule is CS(=O)(=O)Nc1cc(Cl)ccn1. The molecule has 1 rings (SSSR count). The van der Waals surface area contributed by atoms with E-state index in [1.165, 1.54) is 12.3 Å². The lowest BCUT2D eigenvalue weighted by Crippen LogP contribution is -2.10. The molecule has 0 saturated heterocycles. The van der Waals surface area contributed by atoms with E-state index in [9.17, 15) is 8.42 Å². The maximum Gasteiger partial charge on any atom is 0.230 e. The van der Waals surface area contributed by atoms with E-state index in [4.69, 9.17) is 11.6 Å². The highest BCUT2D eigenvalue weighted by atomic mass is 35.5. The molecule has 0 spiro atoms. The molecular formula is C6H7ClN2O2S. The third-order valence-electron chi connectivity index (χ3n) is 1.01. The number of halogens is 1. The van der Waals surface area contributed by atoms with Crippen LogP contribution in [0.15, 0.2) is 18.3 Å². The van der Waals surface area contributed by atoms with Crippen LogP contribution in [0.25, 0.3) is 0 Å². The minimum Gasteiger partial charge on any atom is -0.268 e. The summed E-state index contributed by atoms with van der Waals surface area (Å²) in [6.45, 7) is 0. The monoisotopic (exact) mass is 206 g/mol. The highest BCUT2D eigenvalue weighted by Crippen LogP contribution is 2.12. The first-order valence-electron chi connectivity index (χ1n) is 3.07. The Kier molecular flexibility index (Phi) is 2.54. The molecule has 0 atom stereocenters. The summed E-state index contributed by atoms with van der Waals surface area (Å²) >= 11 is 5.60. The fourth-order valence-corrected chi connectivity index (χ4v) is 1.30. The topological polar surface area (TPSA) is 59.1 Å². The maximum absolute atomic E-state index is 10.7.